The van der Waals surface area contributed by atoms with Crippen molar-refractivity contribution in [2.45, 2.75) is 205 Å². The first kappa shape index (κ1) is 43.3. The van der Waals surface area contributed by atoms with Gasteiger partial charge < -0.3 is 9.11 Å². The zero-order chi connectivity index (χ0) is 32.0. The highest BCUT2D eigenvalue weighted by Gasteiger charge is 2.29. The van der Waals surface area contributed by atoms with Gasteiger partial charge in [-0.3, -0.25) is 17.5 Å². The summed E-state index contributed by atoms with van der Waals surface area (Å²) in [6, 6.07) is 0. The normalized spacial score (nSPS) is 16.1. The van der Waals surface area contributed by atoms with E-state index in [1.807, 2.05) is 0 Å². The number of hydrogen-bond donors (Lipinski definition) is 1. The predicted octanol–water partition coefficient (Wildman–Crippen LogP) is 10.5. The molecule has 8 nitrogen and oxygen atoms in total. The van der Waals surface area contributed by atoms with E-state index in [1.54, 1.807) is 0 Å². The van der Waals surface area contributed by atoms with Crippen molar-refractivity contribution in [2.24, 2.45) is 5.50 Å². The number of nitrogens with two attached hydrogens (primary N) is 1. The van der Waals surface area contributed by atoms with Crippen molar-refractivity contribution < 1.29 is 31.1 Å². The van der Waals surface area contributed by atoms with Gasteiger partial charge >= 0.3 is 7.75 Å². The minimum Gasteiger partial charge on any atom is -0.770 e. The van der Waals surface area contributed by atoms with Gasteiger partial charge in [-0.05, 0) is 47.8 Å². The molecule has 0 aromatic heterocycles. The fourth-order valence-corrected chi connectivity index (χ4v) is 8.29. The maximum absolute atomic E-state index is 12.7. The van der Waals surface area contributed by atoms with Crippen LogP contribution in [0.1, 0.15) is 194 Å². The Labute approximate surface area is 270 Å². The first-order chi connectivity index (χ1) is 20.7. The van der Waals surface area contributed by atoms with Crippen molar-refractivity contribution in [2.75, 3.05) is 0 Å². The van der Waals surface area contributed by atoms with Crippen molar-refractivity contribution in [3.8, 4) is 0 Å². The lowest BCUT2D eigenvalue weighted by Gasteiger charge is -2.27. The summed E-state index contributed by atoms with van der Waals surface area (Å²) in [5.74, 6) is 0. The molecular formula is C32H66NO7PS2-2. The third-order valence-electron chi connectivity index (χ3n) is 8.05. The van der Waals surface area contributed by atoms with E-state index in [1.165, 1.54) is 116 Å². The molecule has 0 rings (SSSR count). The summed E-state index contributed by atoms with van der Waals surface area (Å²) < 4.78 is 69.7. The molecule has 2 N–H and O–H groups in total. The van der Waals surface area contributed by atoms with Crippen LogP contribution in [-0.2, 0) is 35.8 Å². The Kier molecular flexibility index (Phi) is 31.2. The van der Waals surface area contributed by atoms with Crippen molar-refractivity contribution in [3.05, 3.63) is 0 Å². The highest BCUT2D eigenvalue weighted by molar-refractivity contribution is 7.80. The van der Waals surface area contributed by atoms with Gasteiger partial charge in [-0.25, -0.2) is 10.1 Å². The van der Waals surface area contributed by atoms with Gasteiger partial charge in [0.05, 0.1) is 0 Å². The second-order valence-corrected chi connectivity index (χ2v) is 15.8. The fraction of sp³-hybridized carbons (Fsp3) is 1.00. The third-order valence-corrected chi connectivity index (χ3v) is 10.9. The predicted molar refractivity (Wildman–Crippen MR) is 180 cm³/mol. The van der Waals surface area contributed by atoms with Gasteiger partial charge in [0.15, 0.2) is 0 Å². The largest absolute Gasteiger partial charge is 0.770 e. The van der Waals surface area contributed by atoms with E-state index >= 15 is 0 Å². The second kappa shape index (κ2) is 31.0. The van der Waals surface area contributed by atoms with Crippen LogP contribution in [0.15, 0.2) is 0 Å². The van der Waals surface area contributed by atoms with Crippen LogP contribution in [0, 0.1) is 0 Å². The summed E-state index contributed by atoms with van der Waals surface area (Å²) in [6.45, 7) is 4.46. The molecule has 0 radical (unpaired) electrons. The van der Waals surface area contributed by atoms with Gasteiger partial charge in [0.25, 0.3) is 0 Å². The summed E-state index contributed by atoms with van der Waals surface area (Å²) in [6.07, 6.45) is 30.6. The topological polar surface area (TPSA) is 142 Å². The minimum absolute atomic E-state index is 0.141. The Bertz CT molecular complexity index is 663. The van der Waals surface area contributed by atoms with E-state index in [4.69, 9.17) is 14.6 Å². The van der Waals surface area contributed by atoms with Gasteiger partial charge in [-0.1, -0.05) is 168 Å². The maximum Gasteiger partial charge on any atom is 0.405 e. The Balaban J connectivity index is 4.07. The lowest BCUT2D eigenvalue weighted by Crippen LogP contribution is -2.25. The van der Waals surface area contributed by atoms with E-state index < -0.39 is 40.8 Å². The van der Waals surface area contributed by atoms with Gasteiger partial charge in [0.1, 0.15) is 10.9 Å². The quantitative estimate of drug-likeness (QED) is 0.0404. The highest BCUT2D eigenvalue weighted by atomic mass is 32.2. The summed E-state index contributed by atoms with van der Waals surface area (Å²) in [7, 11) is -4.37. The summed E-state index contributed by atoms with van der Waals surface area (Å²) in [5.41, 5.74) is 2.87. The van der Waals surface area contributed by atoms with Crippen molar-refractivity contribution in [3.63, 3.8) is 0 Å². The molecule has 0 fully saturated rings. The maximum atomic E-state index is 12.7. The van der Waals surface area contributed by atoms with Crippen LogP contribution in [0.25, 0.3) is 0 Å². The Hall–Kier alpha value is 0.330. The first-order valence-corrected chi connectivity index (χ1v) is 21.5. The highest BCUT2D eigenvalue weighted by Crippen LogP contribution is 2.44. The molecule has 0 saturated heterocycles. The van der Waals surface area contributed by atoms with Gasteiger partial charge in [0, 0.05) is 0 Å². The van der Waals surface area contributed by atoms with Crippen LogP contribution in [0.5, 0.6) is 0 Å². The van der Waals surface area contributed by atoms with E-state index in [0.29, 0.717) is 12.8 Å². The third kappa shape index (κ3) is 29.5. The van der Waals surface area contributed by atoms with Crippen molar-refractivity contribution >= 4 is 29.9 Å². The number of hydrogen-bond acceptors (Lipinski definition) is 7. The van der Waals surface area contributed by atoms with Crippen LogP contribution in [0.3, 0.4) is 0 Å². The molecule has 11 heteroatoms. The Morgan fingerprint density at radius 1 is 0.488 bits per heavy atom. The molecule has 0 aromatic rings. The first-order valence-electron chi connectivity index (χ1n) is 17.6. The molecule has 260 valence electrons. The molecule has 0 bridgehead atoms. The van der Waals surface area contributed by atoms with E-state index in [0.717, 1.165) is 38.5 Å². The molecule has 0 aliphatic carbocycles. The molecule has 0 saturated carbocycles. The SMILES string of the molecule is CCCCCCCCCCCCCCCC(OP(N)(=O)OC(CCCCCCCCCCCCCCC)S(=O)[O-])S(=O)[O-]. The van der Waals surface area contributed by atoms with E-state index in [2.05, 4.69) is 13.8 Å². The Morgan fingerprint density at radius 3 is 0.907 bits per heavy atom. The number of rotatable bonds is 34. The molecule has 0 heterocycles. The van der Waals surface area contributed by atoms with Crippen molar-refractivity contribution in [1.82, 2.24) is 0 Å². The molecular weight excluding hydrogens is 605 g/mol. The van der Waals surface area contributed by atoms with Crippen LogP contribution >= 0.6 is 7.75 Å². The average molecular weight is 672 g/mol. The summed E-state index contributed by atoms with van der Waals surface area (Å²) in [5, 5.41) is 0. The molecule has 0 aromatic carbocycles. The van der Waals surface area contributed by atoms with E-state index in [-0.39, 0.29) is 12.8 Å². The lowest BCUT2D eigenvalue weighted by molar-refractivity contribution is 0.158. The molecule has 4 atom stereocenters. The zero-order valence-corrected chi connectivity index (χ0v) is 30.2. The Morgan fingerprint density at radius 2 is 0.698 bits per heavy atom. The van der Waals surface area contributed by atoms with Gasteiger partial charge in [0.2, 0.25) is 0 Å². The van der Waals surface area contributed by atoms with Gasteiger partial charge in [-0.15, -0.1) is 0 Å². The fourth-order valence-electron chi connectivity index (χ4n) is 5.38. The average Bonchev–Trinajstić information content (AvgIpc) is 2.96. The monoisotopic (exact) mass is 671 g/mol. The van der Waals surface area contributed by atoms with Crippen LogP contribution in [-0.4, -0.2) is 28.4 Å². The van der Waals surface area contributed by atoms with Crippen LogP contribution < -0.4 is 5.50 Å². The summed E-state index contributed by atoms with van der Waals surface area (Å²) in [4.78, 5) is 0. The molecule has 0 aliphatic rings. The lowest BCUT2D eigenvalue weighted by atomic mass is 10.0. The zero-order valence-electron chi connectivity index (χ0n) is 27.7. The molecule has 43 heavy (non-hydrogen) atoms. The standard InChI is InChI=1S/C32H68NO7PS2/c1-3-5-7-9-11-13-15-17-19-21-23-25-27-29-31(42(35)36)39-41(33,34)40-32(43(37)38)30-28-26-24-22-20-18-16-14-12-10-8-6-4-2/h31-32H,3-30H2,1-2H3,(H2,33,34)(H,35,36)(H,37,38)/p-2. The molecule has 0 aliphatic heterocycles. The second-order valence-electron chi connectivity index (χ2n) is 12.2. The van der Waals surface area contributed by atoms with Crippen LogP contribution in [0.2, 0.25) is 0 Å². The number of unbranched alkanes of at least 4 members (excludes halogenated alkanes) is 24. The molecule has 0 spiro atoms. The van der Waals surface area contributed by atoms with Crippen molar-refractivity contribution in [1.29, 1.82) is 0 Å². The van der Waals surface area contributed by atoms with E-state index in [9.17, 15) is 22.1 Å². The smallest absolute Gasteiger partial charge is 0.405 e. The van der Waals surface area contributed by atoms with Crippen LogP contribution in [0.4, 0.5) is 0 Å². The minimum atomic E-state index is -4.37. The summed E-state index contributed by atoms with van der Waals surface area (Å²) >= 11 is -5.33. The molecule has 4 unspecified atom stereocenters. The van der Waals surface area contributed by atoms with Gasteiger partial charge in [-0.2, -0.15) is 0 Å². The molecule has 0 amide bonds.